The van der Waals surface area contributed by atoms with Gasteiger partial charge in [0, 0.05) is 43.2 Å². The number of likely N-dealkylation sites (N-methyl/N-ethyl adjacent to an activating group) is 1. The molecular weight excluding hydrogens is 592 g/mol. The molecule has 2 aliphatic heterocycles. The van der Waals surface area contributed by atoms with Crippen molar-refractivity contribution in [1.82, 2.24) is 25.0 Å². The van der Waals surface area contributed by atoms with Gasteiger partial charge in [0.2, 0.25) is 5.91 Å². The van der Waals surface area contributed by atoms with Gasteiger partial charge >= 0.3 is 12.2 Å². The number of urea groups is 1. The molecule has 3 heterocycles. The molecule has 0 saturated carbocycles. The minimum atomic E-state index is -4.90. The fourth-order valence-electron chi connectivity index (χ4n) is 6.35. The number of benzene rings is 2. The highest BCUT2D eigenvalue weighted by molar-refractivity contribution is 6.10. The van der Waals surface area contributed by atoms with E-state index in [1.807, 2.05) is 0 Å². The number of imide groups is 1. The third-order valence-electron chi connectivity index (χ3n) is 8.49. The van der Waals surface area contributed by atoms with Crippen LogP contribution in [0.1, 0.15) is 23.1 Å². The van der Waals surface area contributed by atoms with Crippen LogP contribution in [-0.2, 0) is 27.6 Å². The smallest absolute Gasteiger partial charge is 0.320 e. The van der Waals surface area contributed by atoms with E-state index < -0.39 is 85.0 Å². The second kappa shape index (κ2) is 10.0. The Morgan fingerprint density at radius 2 is 1.73 bits per heavy atom. The van der Waals surface area contributed by atoms with Crippen LogP contribution in [0, 0.1) is 5.82 Å². The van der Waals surface area contributed by atoms with Crippen molar-refractivity contribution in [3.63, 3.8) is 0 Å². The monoisotopic (exact) mass is 617 g/mol. The summed E-state index contributed by atoms with van der Waals surface area (Å²) in [7, 11) is 1.43. The lowest BCUT2D eigenvalue weighted by atomic mass is 9.86. The zero-order valence-corrected chi connectivity index (χ0v) is 23.2. The zero-order valence-electron chi connectivity index (χ0n) is 23.2. The molecule has 0 unspecified atom stereocenters. The first kappa shape index (κ1) is 29.6. The molecule has 14 heteroatoms. The fourth-order valence-corrected chi connectivity index (χ4v) is 6.35. The van der Waals surface area contributed by atoms with E-state index in [-0.39, 0.29) is 11.1 Å². The molecule has 0 radical (unpaired) electrons. The highest BCUT2D eigenvalue weighted by atomic mass is 19.4. The van der Waals surface area contributed by atoms with Crippen molar-refractivity contribution >= 4 is 17.8 Å². The summed E-state index contributed by atoms with van der Waals surface area (Å²) in [5.41, 5.74) is -4.41. The number of nitrogens with one attached hydrogen (secondary N) is 1. The summed E-state index contributed by atoms with van der Waals surface area (Å²) in [5.74, 6) is -6.58. The molecule has 44 heavy (non-hydrogen) atoms. The second-order valence-electron chi connectivity index (χ2n) is 11.4. The number of aromatic nitrogens is 1. The molecule has 4 amide bonds. The first-order valence-corrected chi connectivity index (χ1v) is 13.5. The summed E-state index contributed by atoms with van der Waals surface area (Å²) >= 11 is 0. The van der Waals surface area contributed by atoms with Crippen molar-refractivity contribution in [2.24, 2.45) is 0 Å². The minimum absolute atomic E-state index is 0.168. The fraction of sp³-hybridized carbons (Fsp3) is 0.333. The Morgan fingerprint density at radius 1 is 1.02 bits per heavy atom. The van der Waals surface area contributed by atoms with E-state index in [1.165, 1.54) is 54.7 Å². The first-order valence-electron chi connectivity index (χ1n) is 13.5. The number of likely N-dealkylation sites (tertiary alicyclic amines) is 1. The van der Waals surface area contributed by atoms with Crippen molar-refractivity contribution in [3.8, 4) is 11.1 Å². The molecule has 6 rings (SSSR count). The maximum Gasteiger partial charge on any atom is 0.414 e. The van der Waals surface area contributed by atoms with Crippen molar-refractivity contribution in [2.75, 3.05) is 26.7 Å². The largest absolute Gasteiger partial charge is 0.414 e. The van der Waals surface area contributed by atoms with E-state index >= 15 is 8.78 Å². The van der Waals surface area contributed by atoms with Crippen molar-refractivity contribution in [1.29, 1.82) is 0 Å². The van der Waals surface area contributed by atoms with E-state index in [1.54, 1.807) is 12.1 Å². The van der Waals surface area contributed by atoms with Crippen LogP contribution in [0.4, 0.5) is 31.1 Å². The van der Waals surface area contributed by atoms with E-state index in [2.05, 4.69) is 10.3 Å². The zero-order chi connectivity index (χ0) is 31.7. The second-order valence-corrected chi connectivity index (χ2v) is 11.4. The highest BCUT2D eigenvalue weighted by Crippen LogP contribution is 2.53. The summed E-state index contributed by atoms with van der Waals surface area (Å²) in [5, 5.41) is 2.31. The van der Waals surface area contributed by atoms with Crippen LogP contribution in [0.15, 0.2) is 67.0 Å². The SMILES string of the molecule is CN1CC(N(Cc2ccc(F)cc2)C(=O)CN2C(=O)N[C@]3(CC(F)(F)c4cc(-c5cccnc5)ccc43)C2=O)(C(F)(F)F)C1. The van der Waals surface area contributed by atoms with Crippen molar-refractivity contribution in [2.45, 2.75) is 36.1 Å². The van der Waals surface area contributed by atoms with Gasteiger partial charge in [0.05, 0.1) is 6.42 Å². The van der Waals surface area contributed by atoms with Crippen LogP contribution in [0.25, 0.3) is 11.1 Å². The van der Waals surface area contributed by atoms with Gasteiger partial charge in [-0.25, -0.2) is 18.0 Å². The molecule has 1 aliphatic carbocycles. The average molecular weight is 618 g/mol. The van der Waals surface area contributed by atoms with Crippen LogP contribution in [0.5, 0.6) is 0 Å². The normalized spacial score (nSPS) is 22.1. The molecule has 8 nitrogen and oxygen atoms in total. The van der Waals surface area contributed by atoms with Gasteiger partial charge < -0.3 is 15.1 Å². The quantitative estimate of drug-likeness (QED) is 0.328. The number of hydrogen-bond acceptors (Lipinski definition) is 5. The van der Waals surface area contributed by atoms with E-state index in [9.17, 15) is 31.9 Å². The third kappa shape index (κ3) is 4.59. The summed E-state index contributed by atoms with van der Waals surface area (Å²) < 4.78 is 87.8. The number of nitrogens with zero attached hydrogens (tertiary/aromatic N) is 4. The van der Waals surface area contributed by atoms with Crippen LogP contribution >= 0.6 is 0 Å². The Labute approximate surface area is 247 Å². The molecule has 2 aromatic carbocycles. The number of pyridine rings is 1. The molecule has 1 spiro atoms. The molecule has 2 fully saturated rings. The van der Waals surface area contributed by atoms with Gasteiger partial charge in [0.15, 0.2) is 11.1 Å². The number of carbonyl (C=O) groups is 3. The van der Waals surface area contributed by atoms with Gasteiger partial charge in [0.25, 0.3) is 11.8 Å². The summed E-state index contributed by atoms with van der Waals surface area (Å²) in [6.07, 6.45) is -3.03. The molecule has 230 valence electrons. The van der Waals surface area contributed by atoms with E-state index in [0.717, 1.165) is 12.1 Å². The third-order valence-corrected chi connectivity index (χ3v) is 8.49. The number of hydrogen-bond donors (Lipinski definition) is 1. The Hall–Kier alpha value is -4.46. The lowest BCUT2D eigenvalue weighted by Crippen LogP contribution is -2.77. The van der Waals surface area contributed by atoms with Crippen molar-refractivity contribution < 1.29 is 40.7 Å². The van der Waals surface area contributed by atoms with E-state index in [4.69, 9.17) is 0 Å². The predicted octanol–water partition coefficient (Wildman–Crippen LogP) is 4.41. The van der Waals surface area contributed by atoms with Crippen molar-refractivity contribution in [3.05, 3.63) is 89.5 Å². The van der Waals surface area contributed by atoms with Gasteiger partial charge in [-0.2, -0.15) is 13.2 Å². The van der Waals surface area contributed by atoms with Crippen LogP contribution < -0.4 is 5.32 Å². The molecular formula is C30H25F6N5O3. The van der Waals surface area contributed by atoms with Gasteiger partial charge in [0.1, 0.15) is 12.4 Å². The summed E-state index contributed by atoms with van der Waals surface area (Å²) in [4.78, 5) is 46.7. The van der Waals surface area contributed by atoms with Gasteiger partial charge in [-0.3, -0.25) is 19.5 Å². The van der Waals surface area contributed by atoms with Gasteiger partial charge in [-0.05, 0) is 48.0 Å². The molecule has 1 atom stereocenters. The molecule has 0 bridgehead atoms. The number of alkyl halides is 5. The number of halogens is 6. The number of amides is 4. The Morgan fingerprint density at radius 3 is 2.34 bits per heavy atom. The maximum absolute atomic E-state index is 15.4. The molecule has 1 N–H and O–H groups in total. The Kier molecular flexibility index (Phi) is 6.76. The number of rotatable bonds is 6. The molecule has 3 aromatic rings. The summed E-state index contributed by atoms with van der Waals surface area (Å²) in [6, 6.07) is 10.6. The lowest BCUT2D eigenvalue weighted by Gasteiger charge is -2.55. The van der Waals surface area contributed by atoms with Crippen LogP contribution in [-0.4, -0.2) is 75.9 Å². The van der Waals surface area contributed by atoms with Crippen LogP contribution in [0.3, 0.4) is 0 Å². The average Bonchev–Trinajstić information content (AvgIpc) is 3.33. The first-order chi connectivity index (χ1) is 20.7. The highest BCUT2D eigenvalue weighted by Gasteiger charge is 2.67. The van der Waals surface area contributed by atoms with Gasteiger partial charge in [-0.1, -0.05) is 30.3 Å². The number of fused-ring (bicyclic) bond motifs is 2. The Balaban J connectivity index is 1.32. The predicted molar refractivity (Wildman–Crippen MR) is 143 cm³/mol. The van der Waals surface area contributed by atoms with E-state index in [0.29, 0.717) is 20.9 Å². The van der Waals surface area contributed by atoms with Crippen LogP contribution in [0.2, 0.25) is 0 Å². The minimum Gasteiger partial charge on any atom is -0.320 e. The molecule has 2 saturated heterocycles. The Bertz CT molecular complexity index is 1640. The summed E-state index contributed by atoms with van der Waals surface area (Å²) in [6.45, 7) is -2.87. The number of carbonyl (C=O) groups excluding carboxylic acids is 3. The molecule has 1 aromatic heterocycles. The van der Waals surface area contributed by atoms with Gasteiger partial charge in [-0.15, -0.1) is 0 Å². The molecule has 3 aliphatic rings. The lowest BCUT2D eigenvalue weighted by molar-refractivity contribution is -0.268. The topological polar surface area (TPSA) is 85.8 Å². The maximum atomic E-state index is 15.4. The standard InChI is InChI=1S/C30H25F6N5O3/c1-39-16-27(17-39,30(34,35)36)41(13-18-4-7-21(31)8-5-18)24(42)14-40-25(43)28(38-26(40)44)15-29(32,33)23-11-19(6-9-22(23)28)20-3-2-10-37-12-20/h2-12H,13-17H2,1H3,(H,38,44)/t28-/m0/s1.